The Bertz CT molecular complexity index is 910. The number of Topliss-reactive ketones (excluding diaryl/α,β-unsaturated/α-hetero) is 2. The number of aliphatic carboxylic acids is 2. The summed E-state index contributed by atoms with van der Waals surface area (Å²) in [7, 11) is 0. The molecule has 0 spiro atoms. The zero-order valence-corrected chi connectivity index (χ0v) is 25.6. The van der Waals surface area contributed by atoms with E-state index in [9.17, 15) is 43.8 Å². The van der Waals surface area contributed by atoms with E-state index in [1.54, 1.807) is 13.8 Å². The molecule has 3 atom stereocenters. The van der Waals surface area contributed by atoms with Crippen molar-refractivity contribution in [3.8, 4) is 0 Å². The van der Waals surface area contributed by atoms with Crippen molar-refractivity contribution < 1.29 is 53.2 Å². The lowest BCUT2D eigenvalue weighted by Crippen LogP contribution is -2.42. The lowest BCUT2D eigenvalue weighted by Gasteiger charge is -2.16. The van der Waals surface area contributed by atoms with Gasteiger partial charge < -0.3 is 35.6 Å². The number of nitrogens with one attached hydrogen (secondary N) is 3. The fraction of sp³-hybridized carbons (Fsp3) is 0.759. The first-order valence-corrected chi connectivity index (χ1v) is 14.9. The van der Waals surface area contributed by atoms with Gasteiger partial charge in [0.05, 0.1) is 25.7 Å². The van der Waals surface area contributed by atoms with Crippen LogP contribution in [0.1, 0.15) is 85.0 Å². The van der Waals surface area contributed by atoms with E-state index in [2.05, 4.69) is 16.0 Å². The Morgan fingerprint density at radius 3 is 1.95 bits per heavy atom. The molecule has 14 heteroatoms. The number of rotatable bonds is 27. The van der Waals surface area contributed by atoms with E-state index in [-0.39, 0.29) is 82.0 Å². The van der Waals surface area contributed by atoms with Crippen molar-refractivity contribution in [3.05, 3.63) is 0 Å². The molecule has 246 valence electrons. The van der Waals surface area contributed by atoms with Gasteiger partial charge in [0.1, 0.15) is 18.4 Å². The highest BCUT2D eigenvalue weighted by atomic mass is 16.5. The first kappa shape index (κ1) is 39.6. The summed E-state index contributed by atoms with van der Waals surface area (Å²) in [6.07, 6.45) is 2.22. The molecule has 43 heavy (non-hydrogen) atoms. The van der Waals surface area contributed by atoms with Gasteiger partial charge in [-0.05, 0) is 39.0 Å². The first-order chi connectivity index (χ1) is 20.4. The summed E-state index contributed by atoms with van der Waals surface area (Å²) in [6, 6.07) is -1.33. The average Bonchev–Trinajstić information content (AvgIpc) is 2.95. The maximum Gasteiger partial charge on any atom is 0.326 e. The highest BCUT2D eigenvalue weighted by Crippen LogP contribution is 2.14. The minimum absolute atomic E-state index is 0.0191. The lowest BCUT2D eigenvalue weighted by atomic mass is 9.95. The van der Waals surface area contributed by atoms with Gasteiger partial charge in [0.25, 0.3) is 0 Å². The molecule has 0 radical (unpaired) electrons. The van der Waals surface area contributed by atoms with Gasteiger partial charge in [0.15, 0.2) is 5.78 Å². The fourth-order valence-electron chi connectivity index (χ4n) is 4.07. The van der Waals surface area contributed by atoms with Crippen LogP contribution in [0.3, 0.4) is 0 Å². The predicted molar refractivity (Wildman–Crippen MR) is 155 cm³/mol. The molecule has 14 nitrogen and oxygen atoms in total. The number of carbonyl (C=O) groups excluding carboxylic acids is 5. The summed E-state index contributed by atoms with van der Waals surface area (Å²) in [5.74, 6) is -5.21. The van der Waals surface area contributed by atoms with E-state index in [1.807, 2.05) is 6.92 Å². The van der Waals surface area contributed by atoms with E-state index in [0.29, 0.717) is 25.9 Å². The van der Waals surface area contributed by atoms with E-state index >= 15 is 0 Å². The minimum atomic E-state index is -1.33. The van der Waals surface area contributed by atoms with E-state index in [4.69, 9.17) is 9.47 Å². The van der Waals surface area contributed by atoms with Crippen LogP contribution in [0.15, 0.2) is 0 Å². The number of carbonyl (C=O) groups is 7. The number of hydrogen-bond donors (Lipinski definition) is 5. The van der Waals surface area contributed by atoms with Crippen molar-refractivity contribution in [1.29, 1.82) is 0 Å². The molecule has 0 saturated carbocycles. The molecule has 0 saturated heterocycles. The zero-order chi connectivity index (χ0) is 32.6. The van der Waals surface area contributed by atoms with Crippen LogP contribution in [0.4, 0.5) is 0 Å². The molecule has 0 bridgehead atoms. The van der Waals surface area contributed by atoms with E-state index < -0.39 is 35.6 Å². The zero-order valence-electron chi connectivity index (χ0n) is 25.6. The van der Waals surface area contributed by atoms with Gasteiger partial charge in [-0.15, -0.1) is 0 Å². The number of hydrogen-bond acceptors (Lipinski definition) is 9. The SMILES string of the molecule is CCC(=O)NCCOCCOCC(=O)C[C@@H](CCC(=O)N[C@@H](CCC(=O)NCCCC[C@H](CC)C(C)=O)C(=O)O)C(=O)O. The Kier molecular flexibility index (Phi) is 22.2. The Morgan fingerprint density at radius 1 is 0.698 bits per heavy atom. The third-order valence-corrected chi connectivity index (χ3v) is 6.73. The molecule has 0 aliphatic carbocycles. The van der Waals surface area contributed by atoms with Crippen molar-refractivity contribution in [2.24, 2.45) is 11.8 Å². The third kappa shape index (κ3) is 21.0. The number of unbranched alkanes of at least 4 members (excludes halogenated alkanes) is 1. The Morgan fingerprint density at radius 2 is 1.35 bits per heavy atom. The van der Waals surface area contributed by atoms with Gasteiger partial charge in [-0.1, -0.05) is 20.3 Å². The van der Waals surface area contributed by atoms with Crippen LogP contribution >= 0.6 is 0 Å². The average molecular weight is 616 g/mol. The summed E-state index contributed by atoms with van der Waals surface area (Å²) in [6.45, 7) is 6.24. The number of carboxylic acid groups (broad SMARTS) is 2. The van der Waals surface area contributed by atoms with Crippen LogP contribution in [0.25, 0.3) is 0 Å². The van der Waals surface area contributed by atoms with Crippen LogP contribution in [-0.2, 0) is 43.0 Å². The van der Waals surface area contributed by atoms with Crippen LogP contribution in [0.2, 0.25) is 0 Å². The summed E-state index contributed by atoms with van der Waals surface area (Å²) < 4.78 is 10.4. The molecule has 0 heterocycles. The summed E-state index contributed by atoms with van der Waals surface area (Å²) in [5.41, 5.74) is 0. The second kappa shape index (κ2) is 24.1. The predicted octanol–water partition coefficient (Wildman–Crippen LogP) is 1.24. The van der Waals surface area contributed by atoms with Crippen molar-refractivity contribution in [2.75, 3.05) is 39.5 Å². The number of ether oxygens (including phenoxy) is 2. The van der Waals surface area contributed by atoms with E-state index in [0.717, 1.165) is 19.3 Å². The van der Waals surface area contributed by atoms with Gasteiger partial charge in [-0.3, -0.25) is 28.8 Å². The molecule has 0 rings (SSSR count). The van der Waals surface area contributed by atoms with Crippen molar-refractivity contribution >= 4 is 41.2 Å². The molecule has 0 aromatic rings. The third-order valence-electron chi connectivity index (χ3n) is 6.73. The smallest absolute Gasteiger partial charge is 0.326 e. The van der Waals surface area contributed by atoms with Gasteiger partial charge in [-0.2, -0.15) is 0 Å². The van der Waals surface area contributed by atoms with Gasteiger partial charge in [-0.25, -0.2) is 4.79 Å². The maximum absolute atomic E-state index is 12.3. The minimum Gasteiger partial charge on any atom is -0.481 e. The van der Waals surface area contributed by atoms with Gasteiger partial charge in [0, 0.05) is 44.7 Å². The first-order valence-electron chi connectivity index (χ1n) is 14.9. The highest BCUT2D eigenvalue weighted by molar-refractivity contribution is 5.86. The summed E-state index contributed by atoms with van der Waals surface area (Å²) in [5, 5.41) is 26.5. The lowest BCUT2D eigenvalue weighted by molar-refractivity contribution is -0.145. The normalized spacial score (nSPS) is 12.9. The molecular formula is C29H49N3O11. The van der Waals surface area contributed by atoms with Crippen LogP contribution in [-0.4, -0.2) is 97.0 Å². The fourth-order valence-corrected chi connectivity index (χ4v) is 4.07. The number of ketones is 2. The topological polar surface area (TPSA) is 214 Å². The quantitative estimate of drug-likeness (QED) is 0.0829. The molecular weight excluding hydrogens is 566 g/mol. The molecule has 0 aliphatic rings. The van der Waals surface area contributed by atoms with Crippen LogP contribution in [0, 0.1) is 11.8 Å². The number of amides is 3. The standard InChI is InChI=1S/C29H49N3O11/c1-4-21(20(3)33)8-6-7-13-30-26(36)12-10-24(29(40)41)32-27(37)11-9-22(28(38)39)18-23(34)19-43-17-16-42-15-14-31-25(35)5-2/h21-22,24H,4-19H2,1-3H3,(H,30,36)(H,31,35)(H,32,37)(H,38,39)(H,40,41)/t21-,22+,24-/m0/s1. The van der Waals surface area contributed by atoms with Gasteiger partial charge in [0.2, 0.25) is 17.7 Å². The summed E-state index contributed by atoms with van der Waals surface area (Å²) in [4.78, 5) is 82.3. The highest BCUT2D eigenvalue weighted by Gasteiger charge is 2.25. The van der Waals surface area contributed by atoms with Crippen molar-refractivity contribution in [2.45, 2.75) is 91.0 Å². The number of carboxylic acids is 2. The Balaban J connectivity index is 4.32. The molecule has 0 unspecified atom stereocenters. The second-order valence-corrected chi connectivity index (χ2v) is 10.2. The molecule has 0 aromatic carbocycles. The maximum atomic E-state index is 12.3. The molecule has 0 aliphatic heterocycles. The van der Waals surface area contributed by atoms with Crippen LogP contribution < -0.4 is 16.0 Å². The van der Waals surface area contributed by atoms with Gasteiger partial charge >= 0.3 is 11.9 Å². The van der Waals surface area contributed by atoms with Crippen LogP contribution in [0.5, 0.6) is 0 Å². The van der Waals surface area contributed by atoms with Crippen molar-refractivity contribution in [1.82, 2.24) is 16.0 Å². The van der Waals surface area contributed by atoms with Crippen molar-refractivity contribution in [3.63, 3.8) is 0 Å². The Labute approximate surface area is 253 Å². The Hall–Kier alpha value is -3.39. The molecule has 0 fully saturated rings. The molecule has 5 N–H and O–H groups in total. The largest absolute Gasteiger partial charge is 0.481 e. The monoisotopic (exact) mass is 615 g/mol. The second-order valence-electron chi connectivity index (χ2n) is 10.2. The van der Waals surface area contributed by atoms with E-state index in [1.165, 1.54) is 0 Å². The molecule has 3 amide bonds. The molecule has 0 aromatic heterocycles. The summed E-state index contributed by atoms with van der Waals surface area (Å²) >= 11 is 0.